The van der Waals surface area contributed by atoms with Gasteiger partial charge in [0.2, 0.25) is 0 Å². The van der Waals surface area contributed by atoms with E-state index >= 15 is 0 Å². The molecule has 0 saturated carbocycles. The van der Waals surface area contributed by atoms with Crippen LogP contribution in [0.25, 0.3) is 6.08 Å². The first-order chi connectivity index (χ1) is 15.2. The Kier molecular flexibility index (Phi) is 7.82. The van der Waals surface area contributed by atoms with Gasteiger partial charge in [-0.1, -0.05) is 49.3 Å². The first-order valence-corrected chi connectivity index (χ1v) is 11.5. The third kappa shape index (κ3) is 5.62. The number of carbonyl (C=O) groups excluding carboxylic acids is 2. The van der Waals surface area contributed by atoms with E-state index in [1.807, 2.05) is 13.0 Å². The van der Waals surface area contributed by atoms with Crippen LogP contribution in [0, 0.1) is 12.8 Å². The van der Waals surface area contributed by atoms with Crippen molar-refractivity contribution in [3.63, 3.8) is 0 Å². The van der Waals surface area contributed by atoms with E-state index in [1.165, 1.54) is 0 Å². The molecule has 0 spiro atoms. The van der Waals surface area contributed by atoms with Crippen molar-refractivity contribution in [2.24, 2.45) is 5.92 Å². The molecule has 2 amide bonds. The van der Waals surface area contributed by atoms with E-state index in [1.54, 1.807) is 43.5 Å². The van der Waals surface area contributed by atoms with E-state index in [0.717, 1.165) is 27.9 Å². The SMILES string of the molecule is COc1cc(/C=C2\SC(=S)N(NC(=O)c3ccc(C)cc3Cl)C2=O)ccc1OCC(C)C. The molecular formula is C23H23ClN2O4S2. The van der Waals surface area contributed by atoms with Gasteiger partial charge in [0.1, 0.15) is 0 Å². The molecule has 0 radical (unpaired) electrons. The molecule has 1 saturated heterocycles. The van der Waals surface area contributed by atoms with Crippen molar-refractivity contribution in [3.8, 4) is 11.5 Å². The summed E-state index contributed by atoms with van der Waals surface area (Å²) in [5.41, 5.74) is 4.47. The molecule has 0 atom stereocenters. The quantitative estimate of drug-likeness (QED) is 0.423. The van der Waals surface area contributed by atoms with Crippen LogP contribution in [-0.2, 0) is 4.79 Å². The second-order valence-corrected chi connectivity index (χ2v) is 9.64. The van der Waals surface area contributed by atoms with Gasteiger partial charge in [0.25, 0.3) is 11.8 Å². The van der Waals surface area contributed by atoms with Gasteiger partial charge in [-0.3, -0.25) is 15.0 Å². The van der Waals surface area contributed by atoms with Gasteiger partial charge in [-0.15, -0.1) is 0 Å². The number of halogens is 1. The van der Waals surface area contributed by atoms with Crippen LogP contribution in [0.5, 0.6) is 11.5 Å². The van der Waals surface area contributed by atoms with Gasteiger partial charge < -0.3 is 9.47 Å². The van der Waals surface area contributed by atoms with Gasteiger partial charge in [0.15, 0.2) is 15.8 Å². The number of hydrogen-bond donors (Lipinski definition) is 1. The molecule has 2 aromatic carbocycles. The fourth-order valence-corrected chi connectivity index (χ4v) is 4.33. The van der Waals surface area contributed by atoms with Crippen LogP contribution in [0.4, 0.5) is 0 Å². The molecule has 6 nitrogen and oxygen atoms in total. The molecule has 0 aromatic heterocycles. The predicted molar refractivity (Wildman–Crippen MR) is 132 cm³/mol. The van der Waals surface area contributed by atoms with Crippen LogP contribution < -0.4 is 14.9 Å². The number of amides is 2. The lowest BCUT2D eigenvalue weighted by Crippen LogP contribution is -2.44. The fourth-order valence-electron chi connectivity index (χ4n) is 2.83. The van der Waals surface area contributed by atoms with Crippen molar-refractivity contribution < 1.29 is 19.1 Å². The average Bonchev–Trinajstić information content (AvgIpc) is 2.99. The molecular weight excluding hydrogens is 468 g/mol. The number of methoxy groups -OCH3 is 1. The minimum atomic E-state index is -0.513. The summed E-state index contributed by atoms with van der Waals surface area (Å²) in [6.07, 6.45) is 1.69. The number of thioether (sulfide) groups is 1. The largest absolute Gasteiger partial charge is 0.493 e. The normalized spacial score (nSPS) is 14.9. The third-order valence-corrected chi connectivity index (χ3v) is 6.05. The molecule has 1 fully saturated rings. The zero-order valence-electron chi connectivity index (χ0n) is 18.1. The Morgan fingerprint density at radius 1 is 1.25 bits per heavy atom. The van der Waals surface area contributed by atoms with Crippen molar-refractivity contribution in [2.75, 3.05) is 13.7 Å². The Labute approximate surface area is 201 Å². The number of hydrazine groups is 1. The monoisotopic (exact) mass is 490 g/mol. The number of ether oxygens (including phenoxy) is 2. The molecule has 1 aliphatic heterocycles. The van der Waals surface area contributed by atoms with Gasteiger partial charge >= 0.3 is 0 Å². The Bertz CT molecular complexity index is 1100. The summed E-state index contributed by atoms with van der Waals surface area (Å²) in [6, 6.07) is 10.5. The minimum Gasteiger partial charge on any atom is -0.493 e. The highest BCUT2D eigenvalue weighted by Gasteiger charge is 2.34. The number of hydrogen-bond acceptors (Lipinski definition) is 6. The van der Waals surface area contributed by atoms with E-state index in [-0.39, 0.29) is 9.88 Å². The Hall–Kier alpha value is -2.55. The Balaban J connectivity index is 1.77. The smallest absolute Gasteiger partial charge is 0.285 e. The second-order valence-electron chi connectivity index (χ2n) is 7.56. The van der Waals surface area contributed by atoms with E-state index in [9.17, 15) is 9.59 Å². The minimum absolute atomic E-state index is 0.224. The zero-order valence-corrected chi connectivity index (χ0v) is 20.5. The number of thiocarbonyl (C=S) groups is 1. The molecule has 32 heavy (non-hydrogen) atoms. The Morgan fingerprint density at radius 2 is 2.00 bits per heavy atom. The maximum atomic E-state index is 12.9. The molecule has 0 aliphatic carbocycles. The zero-order chi connectivity index (χ0) is 23.4. The summed E-state index contributed by atoms with van der Waals surface area (Å²) < 4.78 is 11.4. The summed E-state index contributed by atoms with van der Waals surface area (Å²) in [5.74, 6) is 0.646. The highest BCUT2D eigenvalue weighted by molar-refractivity contribution is 8.26. The van der Waals surface area contributed by atoms with E-state index in [0.29, 0.717) is 34.0 Å². The molecule has 1 heterocycles. The van der Waals surface area contributed by atoms with Gasteiger partial charge in [0, 0.05) is 0 Å². The first kappa shape index (κ1) is 24.1. The molecule has 1 N–H and O–H groups in total. The fraction of sp³-hybridized carbons (Fsp3) is 0.261. The van der Waals surface area contributed by atoms with Crippen LogP contribution in [-0.4, -0.2) is 34.9 Å². The van der Waals surface area contributed by atoms with Crippen molar-refractivity contribution in [3.05, 3.63) is 63.0 Å². The van der Waals surface area contributed by atoms with Crippen molar-refractivity contribution in [2.45, 2.75) is 20.8 Å². The molecule has 9 heteroatoms. The average molecular weight is 491 g/mol. The summed E-state index contributed by atoms with van der Waals surface area (Å²) in [5, 5.41) is 1.36. The van der Waals surface area contributed by atoms with Crippen LogP contribution in [0.2, 0.25) is 5.02 Å². The van der Waals surface area contributed by atoms with Gasteiger partial charge in [-0.05, 0) is 66.5 Å². The lowest BCUT2D eigenvalue weighted by Gasteiger charge is -2.16. The summed E-state index contributed by atoms with van der Waals surface area (Å²) >= 11 is 12.6. The Morgan fingerprint density at radius 3 is 2.66 bits per heavy atom. The first-order valence-electron chi connectivity index (χ1n) is 9.85. The predicted octanol–water partition coefficient (Wildman–Crippen LogP) is 5.24. The van der Waals surface area contributed by atoms with Crippen LogP contribution in [0.3, 0.4) is 0 Å². The second kappa shape index (κ2) is 10.4. The van der Waals surface area contributed by atoms with Gasteiger partial charge in [-0.25, -0.2) is 0 Å². The summed E-state index contributed by atoms with van der Waals surface area (Å²) in [7, 11) is 1.56. The third-order valence-electron chi connectivity index (χ3n) is 4.43. The highest BCUT2D eigenvalue weighted by Crippen LogP contribution is 2.34. The number of nitrogens with one attached hydrogen (secondary N) is 1. The number of carbonyl (C=O) groups is 2. The topological polar surface area (TPSA) is 67.9 Å². The number of rotatable bonds is 7. The number of benzene rings is 2. The van der Waals surface area contributed by atoms with Gasteiger partial charge in [0.05, 0.1) is 29.2 Å². The highest BCUT2D eigenvalue weighted by atomic mass is 35.5. The van der Waals surface area contributed by atoms with Gasteiger partial charge in [-0.2, -0.15) is 5.01 Å². The van der Waals surface area contributed by atoms with Crippen LogP contribution in [0.1, 0.15) is 35.3 Å². The maximum Gasteiger partial charge on any atom is 0.285 e. The van der Waals surface area contributed by atoms with Crippen molar-refractivity contribution in [1.29, 1.82) is 0 Å². The molecule has 0 unspecified atom stereocenters. The molecule has 2 aromatic rings. The van der Waals surface area contributed by atoms with Crippen LogP contribution >= 0.6 is 35.6 Å². The van der Waals surface area contributed by atoms with Crippen LogP contribution in [0.15, 0.2) is 41.3 Å². The maximum absolute atomic E-state index is 12.9. The standard InChI is InChI=1S/C23H23ClN2O4S2/c1-13(2)12-30-18-8-6-15(10-19(18)29-4)11-20-22(28)26(23(31)32-20)25-21(27)16-7-5-14(3)9-17(16)24/h5-11,13H,12H2,1-4H3,(H,25,27)/b20-11-. The molecule has 168 valence electrons. The molecule has 3 rings (SSSR count). The van der Waals surface area contributed by atoms with E-state index < -0.39 is 11.8 Å². The number of aryl methyl sites for hydroxylation is 1. The summed E-state index contributed by atoms with van der Waals surface area (Å²) in [6.45, 7) is 6.57. The lowest BCUT2D eigenvalue weighted by molar-refractivity contribution is -0.123. The van der Waals surface area contributed by atoms with E-state index in [2.05, 4.69) is 19.3 Å². The van der Waals surface area contributed by atoms with E-state index in [4.69, 9.17) is 33.3 Å². The molecule has 1 aliphatic rings. The lowest BCUT2D eigenvalue weighted by atomic mass is 10.1. The van der Waals surface area contributed by atoms with Crippen molar-refractivity contribution >= 4 is 57.8 Å². The number of nitrogens with zero attached hydrogens (tertiary/aromatic N) is 1. The molecule has 0 bridgehead atoms. The summed E-state index contributed by atoms with van der Waals surface area (Å²) in [4.78, 5) is 25.9. The van der Waals surface area contributed by atoms with Crippen molar-refractivity contribution in [1.82, 2.24) is 10.4 Å².